The highest BCUT2D eigenvalue weighted by Gasteiger charge is 2.17. The number of unbranched alkanes of at least 4 members (excludes halogenated alkanes) is 2. The zero-order chi connectivity index (χ0) is 28.6. The number of nitrogens with one attached hydrogen (secondary N) is 2. The molecule has 1 aliphatic rings. The van der Waals surface area contributed by atoms with Crippen LogP contribution in [0.2, 0.25) is 0 Å². The fourth-order valence-corrected chi connectivity index (χ4v) is 5.10. The summed E-state index contributed by atoms with van der Waals surface area (Å²) in [6, 6.07) is 8.67. The fourth-order valence-electron chi connectivity index (χ4n) is 5.10. The molecule has 3 heterocycles. The first-order valence-electron chi connectivity index (χ1n) is 14.2. The first-order valence-corrected chi connectivity index (χ1v) is 14.2. The molecule has 1 amide bonds. The highest BCUT2D eigenvalue weighted by atomic mass is 19.1. The SMILES string of the molecule is Cc1cc2c(F)c(Oc3ncnc4cc(OCCCN5CCCC5)c(OCCCCCC(=O)NO)cc34)ccc2[nH]1. The molecule has 0 spiro atoms. The van der Waals surface area contributed by atoms with Crippen LogP contribution < -0.4 is 19.7 Å². The highest BCUT2D eigenvalue weighted by Crippen LogP contribution is 2.38. The molecule has 41 heavy (non-hydrogen) atoms. The number of hydrogen-bond donors (Lipinski definition) is 3. The molecule has 218 valence electrons. The van der Waals surface area contributed by atoms with Crippen molar-refractivity contribution in [3.05, 3.63) is 48.2 Å². The average molecular weight is 566 g/mol. The number of halogens is 1. The minimum atomic E-state index is -0.470. The van der Waals surface area contributed by atoms with Gasteiger partial charge in [0.15, 0.2) is 23.1 Å². The summed E-state index contributed by atoms with van der Waals surface area (Å²) in [5, 5.41) is 9.66. The van der Waals surface area contributed by atoms with Gasteiger partial charge in [0.2, 0.25) is 11.8 Å². The number of ether oxygens (including phenoxy) is 3. The third-order valence-corrected chi connectivity index (χ3v) is 7.21. The van der Waals surface area contributed by atoms with Gasteiger partial charge in [0.05, 0.1) is 24.1 Å². The number of hydrogen-bond acceptors (Lipinski definition) is 8. The first kappa shape index (κ1) is 28.6. The van der Waals surface area contributed by atoms with Gasteiger partial charge in [-0.05, 0) is 82.8 Å². The standard InChI is InChI=1S/C30H36FN5O5/c1-20-16-21-23(34-20)9-10-25(29(21)31)41-30-22-17-26(39-14-6-2-3-8-28(37)35-38)27(18-24(22)32-19-33-30)40-15-7-13-36-11-4-5-12-36/h9-10,16-19,34,38H,2-8,11-15H2,1H3,(H,35,37). The van der Waals surface area contributed by atoms with Gasteiger partial charge in [-0.2, -0.15) is 0 Å². The predicted molar refractivity (Wildman–Crippen MR) is 152 cm³/mol. The third-order valence-electron chi connectivity index (χ3n) is 7.21. The maximum absolute atomic E-state index is 15.3. The van der Waals surface area contributed by atoms with Gasteiger partial charge in [-0.25, -0.2) is 19.8 Å². The largest absolute Gasteiger partial charge is 0.490 e. The topological polar surface area (TPSA) is 122 Å². The van der Waals surface area contributed by atoms with Crippen molar-refractivity contribution in [2.24, 2.45) is 0 Å². The first-order chi connectivity index (χ1) is 20.0. The molecule has 1 aliphatic heterocycles. The van der Waals surface area contributed by atoms with Crippen LogP contribution in [0.3, 0.4) is 0 Å². The van der Waals surface area contributed by atoms with Gasteiger partial charge in [-0.3, -0.25) is 10.0 Å². The summed E-state index contributed by atoms with van der Waals surface area (Å²) in [5.74, 6) is 0.485. The van der Waals surface area contributed by atoms with Crippen LogP contribution in [0.4, 0.5) is 4.39 Å². The Hall–Kier alpha value is -3.96. The van der Waals surface area contributed by atoms with Crippen molar-refractivity contribution >= 4 is 27.7 Å². The number of hydroxylamine groups is 1. The maximum Gasteiger partial charge on any atom is 0.243 e. The Kier molecular flexibility index (Phi) is 9.48. The summed E-state index contributed by atoms with van der Waals surface area (Å²) in [6.45, 7) is 6.07. The molecule has 10 nitrogen and oxygen atoms in total. The van der Waals surface area contributed by atoms with Crippen molar-refractivity contribution in [2.75, 3.05) is 32.8 Å². The molecular weight excluding hydrogens is 529 g/mol. The summed E-state index contributed by atoms with van der Waals surface area (Å²) in [7, 11) is 0. The Labute approximate surface area is 237 Å². The van der Waals surface area contributed by atoms with Crippen molar-refractivity contribution in [3.8, 4) is 23.1 Å². The number of carbonyl (C=O) groups is 1. The molecule has 0 unspecified atom stereocenters. The molecule has 0 radical (unpaired) electrons. The molecule has 0 saturated carbocycles. The molecule has 3 N–H and O–H groups in total. The summed E-state index contributed by atoms with van der Waals surface area (Å²) in [6.07, 6.45) is 7.13. The Bertz CT molecular complexity index is 1490. The Morgan fingerprint density at radius 2 is 1.78 bits per heavy atom. The van der Waals surface area contributed by atoms with E-state index in [2.05, 4.69) is 19.9 Å². The monoisotopic (exact) mass is 565 g/mol. The quantitative estimate of drug-likeness (QED) is 0.102. The molecule has 1 saturated heterocycles. The molecule has 4 aromatic rings. The van der Waals surface area contributed by atoms with E-state index in [1.807, 2.05) is 6.92 Å². The summed E-state index contributed by atoms with van der Waals surface area (Å²) >= 11 is 0. The third kappa shape index (κ3) is 7.22. The minimum Gasteiger partial charge on any atom is -0.490 e. The number of aromatic nitrogens is 3. The molecule has 0 bridgehead atoms. The van der Waals surface area contributed by atoms with Crippen molar-refractivity contribution in [3.63, 3.8) is 0 Å². The lowest BCUT2D eigenvalue weighted by Crippen LogP contribution is -2.22. The molecule has 2 aromatic carbocycles. The molecule has 0 aliphatic carbocycles. The molecule has 1 fully saturated rings. The molecule has 2 aromatic heterocycles. The Morgan fingerprint density at radius 1 is 1.00 bits per heavy atom. The van der Waals surface area contributed by atoms with Gasteiger partial charge in [0.1, 0.15) is 6.33 Å². The minimum absolute atomic E-state index is 0.0631. The van der Waals surface area contributed by atoms with Crippen LogP contribution in [0.1, 0.15) is 50.6 Å². The number of aromatic amines is 1. The number of benzene rings is 2. The van der Waals surface area contributed by atoms with Gasteiger partial charge < -0.3 is 24.1 Å². The predicted octanol–water partition coefficient (Wildman–Crippen LogP) is 5.66. The van der Waals surface area contributed by atoms with E-state index in [0.29, 0.717) is 59.4 Å². The number of nitrogens with zero attached hydrogens (tertiary/aromatic N) is 3. The average Bonchev–Trinajstić information content (AvgIpc) is 3.64. The second kappa shape index (κ2) is 13.6. The smallest absolute Gasteiger partial charge is 0.243 e. The van der Waals surface area contributed by atoms with E-state index in [1.54, 1.807) is 35.8 Å². The van der Waals surface area contributed by atoms with Crippen molar-refractivity contribution in [1.82, 2.24) is 25.3 Å². The zero-order valence-corrected chi connectivity index (χ0v) is 23.2. The zero-order valence-electron chi connectivity index (χ0n) is 23.2. The van der Waals surface area contributed by atoms with Gasteiger partial charge in [-0.15, -0.1) is 0 Å². The number of rotatable bonds is 14. The van der Waals surface area contributed by atoms with E-state index in [4.69, 9.17) is 19.4 Å². The molecule has 5 rings (SSSR count). The van der Waals surface area contributed by atoms with E-state index in [9.17, 15) is 4.79 Å². The summed E-state index contributed by atoms with van der Waals surface area (Å²) in [5.41, 5.74) is 3.78. The second-order valence-corrected chi connectivity index (χ2v) is 10.3. The second-order valence-electron chi connectivity index (χ2n) is 10.3. The van der Waals surface area contributed by atoms with Crippen LogP contribution in [-0.2, 0) is 4.79 Å². The van der Waals surface area contributed by atoms with E-state index in [0.717, 1.165) is 38.2 Å². The van der Waals surface area contributed by atoms with Crippen LogP contribution in [0.5, 0.6) is 23.1 Å². The van der Waals surface area contributed by atoms with Gasteiger partial charge in [0.25, 0.3) is 0 Å². The van der Waals surface area contributed by atoms with E-state index in [1.165, 1.54) is 19.2 Å². The van der Waals surface area contributed by atoms with Crippen molar-refractivity contribution in [1.29, 1.82) is 0 Å². The maximum atomic E-state index is 15.3. The molecule has 11 heteroatoms. The number of amides is 1. The van der Waals surface area contributed by atoms with Crippen molar-refractivity contribution < 1.29 is 28.6 Å². The number of likely N-dealkylation sites (tertiary alicyclic amines) is 1. The van der Waals surface area contributed by atoms with Crippen LogP contribution in [0, 0.1) is 12.7 Å². The van der Waals surface area contributed by atoms with Crippen molar-refractivity contribution in [2.45, 2.75) is 51.9 Å². The van der Waals surface area contributed by atoms with Crippen LogP contribution in [0.25, 0.3) is 21.8 Å². The normalized spacial score (nSPS) is 13.6. The summed E-state index contributed by atoms with van der Waals surface area (Å²) in [4.78, 5) is 25.5. The lowest BCUT2D eigenvalue weighted by Gasteiger charge is -2.17. The van der Waals surface area contributed by atoms with E-state index in [-0.39, 0.29) is 18.1 Å². The van der Waals surface area contributed by atoms with E-state index < -0.39 is 11.7 Å². The van der Waals surface area contributed by atoms with Crippen LogP contribution in [-0.4, -0.2) is 63.8 Å². The number of fused-ring (bicyclic) bond motifs is 2. The van der Waals surface area contributed by atoms with Gasteiger partial charge >= 0.3 is 0 Å². The summed E-state index contributed by atoms with van der Waals surface area (Å²) < 4.78 is 33.5. The number of H-pyrrole nitrogens is 1. The molecular formula is C30H36FN5O5. The fraction of sp³-hybridized carbons (Fsp3) is 0.433. The lowest BCUT2D eigenvalue weighted by atomic mass is 10.2. The Morgan fingerprint density at radius 3 is 2.59 bits per heavy atom. The molecule has 0 atom stereocenters. The Balaban J connectivity index is 1.33. The van der Waals surface area contributed by atoms with E-state index >= 15 is 4.39 Å². The van der Waals surface area contributed by atoms with Gasteiger partial charge in [-0.1, -0.05) is 0 Å². The van der Waals surface area contributed by atoms with Crippen LogP contribution >= 0.6 is 0 Å². The van der Waals surface area contributed by atoms with Crippen LogP contribution in [0.15, 0.2) is 36.7 Å². The highest BCUT2D eigenvalue weighted by molar-refractivity contribution is 5.87. The number of carbonyl (C=O) groups excluding carboxylic acids is 1. The van der Waals surface area contributed by atoms with Gasteiger partial charge in [0, 0.05) is 35.6 Å². The lowest BCUT2D eigenvalue weighted by molar-refractivity contribution is -0.129. The number of aryl methyl sites for hydroxylation is 1.